The van der Waals surface area contributed by atoms with Gasteiger partial charge in [-0.2, -0.15) is 5.26 Å². The molecule has 2 unspecified atom stereocenters. The zero-order valence-corrected chi connectivity index (χ0v) is 20.6. The summed E-state index contributed by atoms with van der Waals surface area (Å²) in [5.41, 5.74) is 6.34. The number of nitriles is 1. The van der Waals surface area contributed by atoms with E-state index in [-0.39, 0.29) is 12.2 Å². The van der Waals surface area contributed by atoms with Crippen LogP contribution in [0.2, 0.25) is 0 Å². The summed E-state index contributed by atoms with van der Waals surface area (Å²) >= 11 is 0. The Balaban J connectivity index is 1.58. The highest BCUT2D eigenvalue weighted by molar-refractivity contribution is 6.11. The van der Waals surface area contributed by atoms with Crippen LogP contribution in [0, 0.1) is 11.3 Å². The molecule has 6 heteroatoms. The average Bonchev–Trinajstić information content (AvgIpc) is 2.91. The molecule has 1 aliphatic heterocycles. The normalized spacial score (nSPS) is 17.6. The molecule has 1 aromatic heterocycles. The van der Waals surface area contributed by atoms with Crippen molar-refractivity contribution in [1.29, 1.82) is 5.26 Å². The molecule has 0 saturated carbocycles. The van der Waals surface area contributed by atoms with E-state index in [4.69, 9.17) is 19.7 Å². The van der Waals surface area contributed by atoms with Crippen LogP contribution in [0.15, 0.2) is 72.9 Å². The number of hydrogen-bond donors (Lipinski definition) is 0. The number of fused-ring (bicyclic) bond motifs is 1. The molecule has 0 bridgehead atoms. The van der Waals surface area contributed by atoms with E-state index in [1.54, 1.807) is 18.3 Å². The number of methoxy groups -OCH3 is 1. The molecule has 1 saturated heterocycles. The molecule has 0 radical (unpaired) electrons. The van der Waals surface area contributed by atoms with Gasteiger partial charge in [0.15, 0.2) is 0 Å². The van der Waals surface area contributed by atoms with Crippen LogP contribution in [0.1, 0.15) is 29.8 Å². The number of pyridine rings is 1. The van der Waals surface area contributed by atoms with Gasteiger partial charge in [0, 0.05) is 41.5 Å². The highest BCUT2D eigenvalue weighted by Crippen LogP contribution is 2.35. The molecule has 180 valence electrons. The third kappa shape index (κ3) is 4.41. The molecule has 2 atom stereocenters. The second kappa shape index (κ2) is 9.80. The number of aromatic nitrogens is 1. The van der Waals surface area contributed by atoms with E-state index >= 15 is 0 Å². The molecule has 2 heterocycles. The first-order valence-electron chi connectivity index (χ1n) is 12.0. The van der Waals surface area contributed by atoms with Crippen molar-refractivity contribution in [3.8, 4) is 28.3 Å². The van der Waals surface area contributed by atoms with E-state index in [2.05, 4.69) is 36.9 Å². The van der Waals surface area contributed by atoms with Gasteiger partial charge in [-0.15, -0.1) is 0 Å². The highest BCUT2D eigenvalue weighted by atomic mass is 16.5. The van der Waals surface area contributed by atoms with Crippen LogP contribution in [0.3, 0.4) is 0 Å². The van der Waals surface area contributed by atoms with Crippen LogP contribution in [-0.4, -0.2) is 43.4 Å². The van der Waals surface area contributed by atoms with E-state index in [0.717, 1.165) is 46.4 Å². The molecule has 0 spiro atoms. The van der Waals surface area contributed by atoms with Gasteiger partial charge in [-0.25, -0.2) is 4.79 Å². The number of hydrogen-bond acceptors (Lipinski definition) is 6. The topological polar surface area (TPSA) is 75.4 Å². The number of para-hydroxylation sites is 1. The first-order valence-corrected chi connectivity index (χ1v) is 12.0. The first-order chi connectivity index (χ1) is 17.5. The lowest BCUT2D eigenvalue weighted by Crippen LogP contribution is -2.45. The molecule has 1 fully saturated rings. The fourth-order valence-electron chi connectivity index (χ4n) is 4.96. The molecule has 0 N–H and O–H groups in total. The molecule has 1 aliphatic rings. The first kappa shape index (κ1) is 23.5. The van der Waals surface area contributed by atoms with Gasteiger partial charge < -0.3 is 14.4 Å². The maximum Gasteiger partial charge on any atom is 0.339 e. The summed E-state index contributed by atoms with van der Waals surface area (Å²) < 4.78 is 11.1. The highest BCUT2D eigenvalue weighted by Gasteiger charge is 2.23. The maximum atomic E-state index is 13.0. The van der Waals surface area contributed by atoms with Gasteiger partial charge in [-0.1, -0.05) is 42.5 Å². The number of carbonyl (C=O) groups is 1. The summed E-state index contributed by atoms with van der Waals surface area (Å²) in [7, 11) is 1.40. The summed E-state index contributed by atoms with van der Waals surface area (Å²) in [4.78, 5) is 20.1. The number of anilines is 1. The zero-order chi connectivity index (χ0) is 25.2. The lowest BCUT2D eigenvalue weighted by molar-refractivity contribution is -0.00522. The standard InChI is InChI=1S/C30H27N3O3/c1-19-17-33(18-20(2)36-19)24-13-11-23(12-14-24)27-16-32-29-25(22-9-7-21(15-31)8-10-22)5-4-6-26(29)28(27)30(34)35-3/h4-14,16,19-20H,17-18H2,1-3H3. The van der Waals surface area contributed by atoms with Crippen molar-refractivity contribution >= 4 is 22.6 Å². The Labute approximate surface area is 210 Å². The third-order valence-electron chi connectivity index (χ3n) is 6.58. The number of nitrogens with zero attached hydrogens (tertiary/aromatic N) is 3. The second-order valence-corrected chi connectivity index (χ2v) is 9.14. The smallest absolute Gasteiger partial charge is 0.339 e. The van der Waals surface area contributed by atoms with Crippen LogP contribution in [0.5, 0.6) is 0 Å². The quantitative estimate of drug-likeness (QED) is 0.344. The summed E-state index contributed by atoms with van der Waals surface area (Å²) in [6.45, 7) is 5.86. The fourth-order valence-corrected chi connectivity index (χ4v) is 4.96. The SMILES string of the molecule is COC(=O)c1c(-c2ccc(N3CC(C)OC(C)C3)cc2)cnc2c(-c3ccc(C#N)cc3)cccc12. The number of ether oxygens (including phenoxy) is 2. The van der Waals surface area contributed by atoms with Crippen molar-refractivity contribution < 1.29 is 14.3 Å². The minimum atomic E-state index is -0.408. The molecule has 3 aromatic carbocycles. The summed E-state index contributed by atoms with van der Waals surface area (Å²) in [5.74, 6) is -0.408. The fraction of sp³-hybridized carbons (Fsp3) is 0.233. The second-order valence-electron chi connectivity index (χ2n) is 9.14. The molecular formula is C30H27N3O3. The molecule has 6 nitrogen and oxygen atoms in total. The number of rotatable bonds is 4. The Hall–Kier alpha value is -4.21. The monoisotopic (exact) mass is 477 g/mol. The molecular weight excluding hydrogens is 450 g/mol. The number of carbonyl (C=O) groups excluding carboxylic acids is 1. The van der Waals surface area contributed by atoms with E-state index in [1.807, 2.05) is 42.5 Å². The Kier molecular flexibility index (Phi) is 6.41. The molecule has 0 amide bonds. The van der Waals surface area contributed by atoms with Crippen molar-refractivity contribution in [1.82, 2.24) is 4.98 Å². The van der Waals surface area contributed by atoms with E-state index in [1.165, 1.54) is 7.11 Å². The Morgan fingerprint density at radius 3 is 2.25 bits per heavy atom. The molecule has 4 aromatic rings. The van der Waals surface area contributed by atoms with Crippen LogP contribution >= 0.6 is 0 Å². The Morgan fingerprint density at radius 2 is 1.61 bits per heavy atom. The molecule has 0 aliphatic carbocycles. The van der Waals surface area contributed by atoms with Crippen LogP contribution in [0.25, 0.3) is 33.2 Å². The van der Waals surface area contributed by atoms with Gasteiger partial charge in [-0.3, -0.25) is 4.98 Å². The largest absolute Gasteiger partial charge is 0.465 e. The third-order valence-corrected chi connectivity index (χ3v) is 6.58. The number of esters is 1. The van der Waals surface area contributed by atoms with Crippen molar-refractivity contribution in [3.05, 3.63) is 84.1 Å². The van der Waals surface area contributed by atoms with E-state index in [9.17, 15) is 4.79 Å². The maximum absolute atomic E-state index is 13.0. The number of morpholine rings is 1. The number of benzene rings is 3. The van der Waals surface area contributed by atoms with Gasteiger partial charge >= 0.3 is 5.97 Å². The minimum Gasteiger partial charge on any atom is -0.465 e. The summed E-state index contributed by atoms with van der Waals surface area (Å²) in [6, 6.07) is 23.5. The van der Waals surface area contributed by atoms with E-state index in [0.29, 0.717) is 16.6 Å². The van der Waals surface area contributed by atoms with Crippen molar-refractivity contribution in [2.24, 2.45) is 0 Å². The molecule has 5 rings (SSSR count). The van der Waals surface area contributed by atoms with Crippen molar-refractivity contribution in [2.75, 3.05) is 25.1 Å². The van der Waals surface area contributed by atoms with Gasteiger partial charge in [0.25, 0.3) is 0 Å². The van der Waals surface area contributed by atoms with Gasteiger partial charge in [0.05, 0.1) is 42.0 Å². The Bertz CT molecular complexity index is 1450. The van der Waals surface area contributed by atoms with Gasteiger partial charge in [0.2, 0.25) is 0 Å². The lowest BCUT2D eigenvalue weighted by atomic mass is 9.94. The van der Waals surface area contributed by atoms with Crippen molar-refractivity contribution in [3.63, 3.8) is 0 Å². The summed E-state index contributed by atoms with van der Waals surface area (Å²) in [5, 5.41) is 9.85. The van der Waals surface area contributed by atoms with Crippen LogP contribution < -0.4 is 4.90 Å². The Morgan fingerprint density at radius 1 is 0.972 bits per heavy atom. The predicted octanol–water partition coefficient (Wildman–Crippen LogP) is 5.84. The van der Waals surface area contributed by atoms with E-state index < -0.39 is 5.97 Å². The zero-order valence-electron chi connectivity index (χ0n) is 20.6. The van der Waals surface area contributed by atoms with Gasteiger partial charge in [-0.05, 0) is 49.2 Å². The summed E-state index contributed by atoms with van der Waals surface area (Å²) in [6.07, 6.45) is 2.10. The van der Waals surface area contributed by atoms with Crippen molar-refractivity contribution in [2.45, 2.75) is 26.1 Å². The van der Waals surface area contributed by atoms with Crippen LogP contribution in [0.4, 0.5) is 5.69 Å². The van der Waals surface area contributed by atoms with Crippen LogP contribution in [-0.2, 0) is 9.47 Å². The molecule has 36 heavy (non-hydrogen) atoms. The van der Waals surface area contributed by atoms with Gasteiger partial charge in [0.1, 0.15) is 0 Å². The predicted molar refractivity (Wildman–Crippen MR) is 141 cm³/mol. The average molecular weight is 478 g/mol. The minimum absolute atomic E-state index is 0.175. The lowest BCUT2D eigenvalue weighted by Gasteiger charge is -2.36.